The van der Waals surface area contributed by atoms with Crippen LogP contribution in [-0.4, -0.2) is 11.9 Å². The molecule has 0 unspecified atom stereocenters. The van der Waals surface area contributed by atoms with Crippen LogP contribution in [0.5, 0.6) is 0 Å². The van der Waals surface area contributed by atoms with Crippen molar-refractivity contribution < 1.29 is 14.3 Å². The lowest BCUT2D eigenvalue weighted by atomic mass is 9.87. The first-order valence-electron chi connectivity index (χ1n) is 5.37. The van der Waals surface area contributed by atoms with E-state index in [0.717, 1.165) is 16.7 Å². The number of aryl methyl sites for hydroxylation is 2. The van der Waals surface area contributed by atoms with Crippen molar-refractivity contribution in [2.24, 2.45) is 0 Å². The first-order valence-corrected chi connectivity index (χ1v) is 5.37. The van der Waals surface area contributed by atoms with E-state index in [-0.39, 0.29) is 5.92 Å². The fourth-order valence-corrected chi connectivity index (χ4v) is 2.10. The molecule has 1 aromatic rings. The van der Waals surface area contributed by atoms with Gasteiger partial charge >= 0.3 is 11.9 Å². The van der Waals surface area contributed by atoms with E-state index >= 15 is 0 Å². The number of cyclic esters (lactones) is 2. The van der Waals surface area contributed by atoms with E-state index in [1.54, 1.807) is 0 Å². The van der Waals surface area contributed by atoms with Gasteiger partial charge in [-0.3, -0.25) is 9.59 Å². The zero-order valence-corrected chi connectivity index (χ0v) is 9.45. The number of hydrogen-bond acceptors (Lipinski definition) is 3. The third-order valence-corrected chi connectivity index (χ3v) is 2.93. The van der Waals surface area contributed by atoms with E-state index in [1.165, 1.54) is 0 Å². The van der Waals surface area contributed by atoms with Crippen LogP contribution in [0.4, 0.5) is 0 Å². The molecular weight excluding hydrogens is 204 g/mol. The second-order valence-corrected chi connectivity index (χ2v) is 4.31. The third-order valence-electron chi connectivity index (χ3n) is 2.93. The Morgan fingerprint density at radius 2 is 1.75 bits per heavy atom. The van der Waals surface area contributed by atoms with Gasteiger partial charge in [0.2, 0.25) is 0 Å². The standard InChI is InChI=1S/C13H14O3/c1-8-3-4-9(2)11(5-8)10-6-12(14)16-13(15)7-10/h3-5,10H,6-7H2,1-2H3. The molecular formula is C13H14O3. The fraction of sp³-hybridized carbons (Fsp3) is 0.385. The number of hydrogen-bond donors (Lipinski definition) is 0. The summed E-state index contributed by atoms with van der Waals surface area (Å²) in [6.45, 7) is 4.01. The van der Waals surface area contributed by atoms with Crippen LogP contribution in [0, 0.1) is 13.8 Å². The molecule has 1 heterocycles. The third kappa shape index (κ3) is 2.13. The molecule has 1 aliphatic heterocycles. The monoisotopic (exact) mass is 218 g/mol. The molecule has 1 aromatic carbocycles. The minimum atomic E-state index is -0.415. The molecule has 0 bridgehead atoms. The summed E-state index contributed by atoms with van der Waals surface area (Å²) in [5, 5.41) is 0. The highest BCUT2D eigenvalue weighted by Crippen LogP contribution is 2.30. The van der Waals surface area contributed by atoms with Crippen molar-refractivity contribution in [3.8, 4) is 0 Å². The van der Waals surface area contributed by atoms with E-state index in [2.05, 4.69) is 4.74 Å². The first-order chi connectivity index (χ1) is 7.56. The molecule has 0 aliphatic carbocycles. The smallest absolute Gasteiger partial charge is 0.314 e. The van der Waals surface area contributed by atoms with Crippen molar-refractivity contribution in [2.75, 3.05) is 0 Å². The molecule has 0 aromatic heterocycles. The molecule has 84 valence electrons. The number of carbonyl (C=O) groups is 2. The van der Waals surface area contributed by atoms with Crippen molar-refractivity contribution in [1.29, 1.82) is 0 Å². The molecule has 0 atom stereocenters. The predicted molar refractivity (Wildman–Crippen MR) is 59.0 cm³/mol. The second-order valence-electron chi connectivity index (χ2n) is 4.31. The molecule has 2 rings (SSSR count). The van der Waals surface area contributed by atoms with Crippen molar-refractivity contribution in [1.82, 2.24) is 0 Å². The summed E-state index contributed by atoms with van der Waals surface area (Å²) < 4.78 is 4.53. The van der Waals surface area contributed by atoms with Gasteiger partial charge in [-0.05, 0) is 25.0 Å². The molecule has 1 saturated heterocycles. The minimum absolute atomic E-state index is 0.0198. The summed E-state index contributed by atoms with van der Waals surface area (Å²) in [6, 6.07) is 6.10. The van der Waals surface area contributed by atoms with Gasteiger partial charge < -0.3 is 4.74 Å². The van der Waals surface area contributed by atoms with Gasteiger partial charge in [-0.2, -0.15) is 0 Å². The fourth-order valence-electron chi connectivity index (χ4n) is 2.10. The lowest BCUT2D eigenvalue weighted by Gasteiger charge is -2.22. The van der Waals surface area contributed by atoms with Gasteiger partial charge in [0.05, 0.1) is 12.8 Å². The summed E-state index contributed by atoms with van der Waals surface area (Å²) >= 11 is 0. The van der Waals surface area contributed by atoms with E-state index in [0.29, 0.717) is 12.8 Å². The zero-order chi connectivity index (χ0) is 11.7. The van der Waals surface area contributed by atoms with E-state index in [4.69, 9.17) is 0 Å². The van der Waals surface area contributed by atoms with Gasteiger partial charge in [-0.1, -0.05) is 23.8 Å². The van der Waals surface area contributed by atoms with Crippen LogP contribution in [0.15, 0.2) is 18.2 Å². The summed E-state index contributed by atoms with van der Waals surface area (Å²) in [5.41, 5.74) is 3.36. The highest BCUT2D eigenvalue weighted by Gasteiger charge is 2.29. The van der Waals surface area contributed by atoms with E-state index < -0.39 is 11.9 Å². The molecule has 3 nitrogen and oxygen atoms in total. The van der Waals surface area contributed by atoms with Crippen LogP contribution in [0.2, 0.25) is 0 Å². The SMILES string of the molecule is Cc1ccc(C)c(C2CC(=O)OC(=O)C2)c1. The molecule has 0 N–H and O–H groups in total. The summed E-state index contributed by atoms with van der Waals surface area (Å²) in [7, 11) is 0. The highest BCUT2D eigenvalue weighted by atomic mass is 16.6. The molecule has 0 spiro atoms. The Bertz CT molecular complexity index is 432. The van der Waals surface area contributed by atoms with Crippen LogP contribution >= 0.6 is 0 Å². The van der Waals surface area contributed by atoms with Crippen molar-refractivity contribution in [3.05, 3.63) is 34.9 Å². The van der Waals surface area contributed by atoms with Crippen LogP contribution in [0.1, 0.15) is 35.4 Å². The lowest BCUT2D eigenvalue weighted by Crippen LogP contribution is -2.24. The zero-order valence-electron chi connectivity index (χ0n) is 9.45. The molecule has 0 amide bonds. The van der Waals surface area contributed by atoms with Crippen LogP contribution in [0.3, 0.4) is 0 Å². The number of benzene rings is 1. The predicted octanol–water partition coefficient (Wildman–Crippen LogP) is 2.25. The maximum Gasteiger partial charge on any atom is 0.314 e. The number of carbonyl (C=O) groups excluding carboxylic acids is 2. The van der Waals surface area contributed by atoms with Crippen molar-refractivity contribution >= 4 is 11.9 Å². The quantitative estimate of drug-likeness (QED) is 0.536. The van der Waals surface area contributed by atoms with Gasteiger partial charge in [0.1, 0.15) is 0 Å². The second kappa shape index (κ2) is 4.08. The maximum absolute atomic E-state index is 11.2. The Labute approximate surface area is 94.4 Å². The Balaban J connectivity index is 2.32. The molecule has 0 radical (unpaired) electrons. The van der Waals surface area contributed by atoms with Crippen molar-refractivity contribution in [2.45, 2.75) is 32.6 Å². The van der Waals surface area contributed by atoms with Gasteiger partial charge in [0.15, 0.2) is 0 Å². The minimum Gasteiger partial charge on any atom is -0.393 e. The van der Waals surface area contributed by atoms with Crippen LogP contribution in [0.25, 0.3) is 0 Å². The average Bonchev–Trinajstić information content (AvgIpc) is 2.20. The van der Waals surface area contributed by atoms with E-state index in [1.807, 2.05) is 32.0 Å². The number of rotatable bonds is 1. The lowest BCUT2D eigenvalue weighted by molar-refractivity contribution is -0.163. The van der Waals surface area contributed by atoms with Crippen molar-refractivity contribution in [3.63, 3.8) is 0 Å². The Morgan fingerprint density at radius 1 is 1.12 bits per heavy atom. The average molecular weight is 218 g/mol. The summed E-state index contributed by atoms with van der Waals surface area (Å²) in [4.78, 5) is 22.4. The van der Waals surface area contributed by atoms with Gasteiger partial charge in [0, 0.05) is 5.92 Å². The number of ether oxygens (including phenoxy) is 1. The van der Waals surface area contributed by atoms with Gasteiger partial charge in [0.25, 0.3) is 0 Å². The molecule has 0 saturated carbocycles. The molecule has 3 heteroatoms. The summed E-state index contributed by atoms with van der Waals surface area (Å²) in [6.07, 6.45) is 0.603. The topological polar surface area (TPSA) is 43.4 Å². The Kier molecular flexibility index (Phi) is 2.77. The highest BCUT2D eigenvalue weighted by molar-refractivity contribution is 5.89. The Hall–Kier alpha value is -1.64. The normalized spacial score (nSPS) is 17.4. The van der Waals surface area contributed by atoms with E-state index in [9.17, 15) is 9.59 Å². The molecule has 16 heavy (non-hydrogen) atoms. The maximum atomic E-state index is 11.2. The summed E-state index contributed by atoms with van der Waals surface area (Å²) in [5.74, 6) is -0.849. The van der Waals surface area contributed by atoms with Crippen LogP contribution < -0.4 is 0 Å². The molecule has 1 aliphatic rings. The molecule has 1 fully saturated rings. The van der Waals surface area contributed by atoms with Gasteiger partial charge in [-0.15, -0.1) is 0 Å². The van der Waals surface area contributed by atoms with Gasteiger partial charge in [-0.25, -0.2) is 0 Å². The van der Waals surface area contributed by atoms with Crippen LogP contribution in [-0.2, 0) is 14.3 Å². The first kappa shape index (κ1) is 10.9. The Morgan fingerprint density at radius 3 is 2.38 bits per heavy atom. The largest absolute Gasteiger partial charge is 0.393 e. The number of esters is 2.